The fourth-order valence-electron chi connectivity index (χ4n) is 6.71. The maximum atomic E-state index is 6.68. The number of hydrogen-bond acceptors (Lipinski definition) is 4. The van der Waals surface area contributed by atoms with Gasteiger partial charge in [0.05, 0.1) is 6.61 Å². The normalized spacial score (nSPS) is 19.2. The van der Waals surface area contributed by atoms with Crippen LogP contribution >= 0.6 is 0 Å². The first-order chi connectivity index (χ1) is 21.9. The van der Waals surface area contributed by atoms with Crippen LogP contribution in [0.1, 0.15) is 116 Å². The average Bonchev–Trinajstić information content (AvgIpc) is 3.04. The van der Waals surface area contributed by atoms with E-state index >= 15 is 0 Å². The number of ether oxygens (including phenoxy) is 4. The number of hydrogen-bond donors (Lipinski definition) is 0. The van der Waals surface area contributed by atoms with Gasteiger partial charge >= 0.3 is 239 Å². The second-order valence-corrected chi connectivity index (χ2v) is 26.8. The maximum absolute atomic E-state index is 6.68. The fraction of sp³-hybridized carbons (Fsp3) is 0.650. The van der Waals surface area contributed by atoms with Crippen molar-refractivity contribution >= 4 is 18.4 Å². The predicted octanol–water partition coefficient (Wildman–Crippen LogP) is 11.2. The Balaban J connectivity index is 1.63. The molecule has 3 rings (SSSR count). The summed E-state index contributed by atoms with van der Waals surface area (Å²) >= 11 is -2.34. The van der Waals surface area contributed by atoms with E-state index < -0.39 is 24.2 Å². The summed E-state index contributed by atoms with van der Waals surface area (Å²) in [6, 6.07) is 21.0. The first-order valence-corrected chi connectivity index (χ1v) is 25.9. The van der Waals surface area contributed by atoms with Crippen molar-refractivity contribution in [3.8, 4) is 0 Å². The Morgan fingerprint density at radius 3 is 1.91 bits per heavy atom. The summed E-state index contributed by atoms with van der Waals surface area (Å²) < 4.78 is 32.9. The SMILES string of the molecule is CCC[CH2][Sn](/[CH]=C/C[C@H](C[C@@H]1C[C@H](CCCOCc2ccccc2)OC(C)(C)O1)OCc1ccccc1)([CH2]CCC)[CH2]CCC. The molecule has 0 bridgehead atoms. The zero-order valence-corrected chi connectivity index (χ0v) is 32.2. The van der Waals surface area contributed by atoms with E-state index in [1.165, 1.54) is 63.0 Å². The molecule has 1 saturated heterocycles. The second-order valence-electron chi connectivity index (χ2n) is 13.8. The third-order valence-corrected chi connectivity index (χ3v) is 23.4. The molecule has 4 nitrogen and oxygen atoms in total. The summed E-state index contributed by atoms with van der Waals surface area (Å²) in [6.07, 6.45) is 15.8. The minimum atomic E-state index is -2.34. The predicted molar refractivity (Wildman–Crippen MR) is 192 cm³/mol. The molecule has 1 aliphatic heterocycles. The van der Waals surface area contributed by atoms with Crippen molar-refractivity contribution < 1.29 is 18.9 Å². The first kappa shape index (κ1) is 38.3. The van der Waals surface area contributed by atoms with Crippen LogP contribution in [0.15, 0.2) is 70.8 Å². The van der Waals surface area contributed by atoms with E-state index in [0.29, 0.717) is 13.2 Å². The molecule has 45 heavy (non-hydrogen) atoms. The Bertz CT molecular complexity index is 1020. The molecule has 0 saturated carbocycles. The Labute approximate surface area is 280 Å². The molecule has 5 heteroatoms. The van der Waals surface area contributed by atoms with Gasteiger partial charge in [-0.2, -0.15) is 0 Å². The molecule has 2 aromatic carbocycles. The van der Waals surface area contributed by atoms with Gasteiger partial charge in [0, 0.05) is 0 Å². The van der Waals surface area contributed by atoms with E-state index in [1.807, 2.05) is 6.07 Å². The molecule has 0 radical (unpaired) electrons. The molecule has 0 aliphatic carbocycles. The van der Waals surface area contributed by atoms with Gasteiger partial charge < -0.3 is 0 Å². The summed E-state index contributed by atoms with van der Waals surface area (Å²) in [5, 5.41) is 0. The van der Waals surface area contributed by atoms with Gasteiger partial charge in [0.2, 0.25) is 0 Å². The molecule has 3 atom stereocenters. The molecule has 252 valence electrons. The van der Waals surface area contributed by atoms with Crippen molar-refractivity contribution in [1.82, 2.24) is 0 Å². The van der Waals surface area contributed by atoms with Gasteiger partial charge in [0.15, 0.2) is 0 Å². The molecule has 0 unspecified atom stereocenters. The second kappa shape index (κ2) is 21.6. The van der Waals surface area contributed by atoms with Gasteiger partial charge in [-0.3, -0.25) is 0 Å². The third-order valence-electron chi connectivity index (χ3n) is 9.16. The molecule has 1 aliphatic rings. The Morgan fingerprint density at radius 1 is 0.778 bits per heavy atom. The van der Waals surface area contributed by atoms with E-state index in [-0.39, 0.29) is 18.3 Å². The van der Waals surface area contributed by atoms with E-state index in [0.717, 1.165) is 38.7 Å². The van der Waals surface area contributed by atoms with Crippen LogP contribution in [-0.2, 0) is 32.2 Å². The zero-order chi connectivity index (χ0) is 32.2. The van der Waals surface area contributed by atoms with Crippen LogP contribution in [0.5, 0.6) is 0 Å². The number of benzene rings is 2. The van der Waals surface area contributed by atoms with Crippen molar-refractivity contribution in [3.63, 3.8) is 0 Å². The summed E-state index contributed by atoms with van der Waals surface area (Å²) in [5.41, 5.74) is 2.45. The summed E-state index contributed by atoms with van der Waals surface area (Å²) in [5.74, 6) is -0.593. The topological polar surface area (TPSA) is 36.9 Å². The van der Waals surface area contributed by atoms with Crippen LogP contribution in [0, 0.1) is 0 Å². The van der Waals surface area contributed by atoms with Gasteiger partial charge in [-0.05, 0) is 5.56 Å². The summed E-state index contributed by atoms with van der Waals surface area (Å²) in [6.45, 7) is 13.2. The van der Waals surface area contributed by atoms with Crippen molar-refractivity contribution in [2.45, 2.75) is 156 Å². The van der Waals surface area contributed by atoms with Gasteiger partial charge in [0.1, 0.15) is 0 Å². The van der Waals surface area contributed by atoms with E-state index in [1.54, 1.807) is 0 Å². The quantitative estimate of drug-likeness (QED) is 0.0844. The molecule has 0 spiro atoms. The molecule has 0 N–H and O–H groups in total. The Kier molecular flexibility index (Phi) is 18.4. The van der Waals surface area contributed by atoms with Gasteiger partial charge in [0.25, 0.3) is 0 Å². The van der Waals surface area contributed by atoms with Crippen molar-refractivity contribution in [1.29, 1.82) is 0 Å². The molecule has 1 fully saturated rings. The summed E-state index contributed by atoms with van der Waals surface area (Å²) in [7, 11) is 0. The first-order valence-electron chi connectivity index (χ1n) is 18.2. The molecule has 0 amide bonds. The minimum absolute atomic E-state index is 0.117. The van der Waals surface area contributed by atoms with E-state index in [2.05, 4.69) is 99.4 Å². The van der Waals surface area contributed by atoms with Crippen molar-refractivity contribution in [2.75, 3.05) is 6.61 Å². The molecular weight excluding hydrogens is 663 g/mol. The monoisotopic (exact) mass is 728 g/mol. The fourth-order valence-corrected chi connectivity index (χ4v) is 21.2. The number of rotatable bonds is 23. The number of unbranched alkanes of at least 4 members (excludes halogenated alkanes) is 3. The Hall–Kier alpha value is -1.18. The molecule has 0 aromatic heterocycles. The van der Waals surface area contributed by atoms with Crippen LogP contribution in [0.4, 0.5) is 0 Å². The van der Waals surface area contributed by atoms with Gasteiger partial charge in [-0.1, -0.05) is 30.3 Å². The summed E-state index contributed by atoms with van der Waals surface area (Å²) in [4.78, 5) is 0. The average molecular weight is 728 g/mol. The van der Waals surface area contributed by atoms with Gasteiger partial charge in [-0.25, -0.2) is 0 Å². The van der Waals surface area contributed by atoms with Crippen LogP contribution in [0.25, 0.3) is 0 Å². The molecule has 2 aromatic rings. The van der Waals surface area contributed by atoms with E-state index in [4.69, 9.17) is 18.9 Å². The van der Waals surface area contributed by atoms with Gasteiger partial charge in [-0.15, -0.1) is 0 Å². The Morgan fingerprint density at radius 2 is 1.33 bits per heavy atom. The molecular formula is C40H64O4Sn. The van der Waals surface area contributed by atoms with Crippen LogP contribution in [0.2, 0.25) is 13.3 Å². The standard InChI is InChI=1S/C28H37O4.3C4H9.Sn/c1-4-12-25(30-22-24-15-9-6-10-16-24)19-27-20-26(31-28(2,3)32-27)17-11-18-29-21-23-13-7-5-8-14-23;3*1-3-4-2;/h1,4-10,13-16,25-27H,11-12,17-22H2,2-3H3;3*1,3-4H2,2H3;/t25-,26+,27-;;;;/m1..../s1. The molecule has 1 heterocycles. The van der Waals surface area contributed by atoms with Crippen LogP contribution in [-0.4, -0.2) is 49.1 Å². The van der Waals surface area contributed by atoms with Crippen LogP contribution in [0.3, 0.4) is 0 Å². The van der Waals surface area contributed by atoms with Crippen LogP contribution < -0.4 is 0 Å². The zero-order valence-electron chi connectivity index (χ0n) is 29.3. The van der Waals surface area contributed by atoms with Crippen molar-refractivity contribution in [3.05, 3.63) is 82.0 Å². The third kappa shape index (κ3) is 15.5. The van der Waals surface area contributed by atoms with E-state index in [9.17, 15) is 0 Å². The van der Waals surface area contributed by atoms with Crippen molar-refractivity contribution in [2.24, 2.45) is 0 Å².